The summed E-state index contributed by atoms with van der Waals surface area (Å²) in [5.74, 6) is 1.14. The summed E-state index contributed by atoms with van der Waals surface area (Å²) in [6.07, 6.45) is 16.1. The first-order chi connectivity index (χ1) is 11.5. The molecule has 0 bridgehead atoms. The van der Waals surface area contributed by atoms with Crippen LogP contribution in [0, 0.1) is 23.1 Å². The first-order valence-electron chi connectivity index (χ1n) is 8.76. The number of halogens is 1. The van der Waals surface area contributed by atoms with Crippen molar-refractivity contribution in [3.05, 3.63) is 77.8 Å². The molecule has 24 heavy (non-hydrogen) atoms. The normalized spacial score (nSPS) is 29.8. The van der Waals surface area contributed by atoms with Crippen LogP contribution >= 0.6 is 0 Å². The highest BCUT2D eigenvalue weighted by Crippen LogP contribution is 2.60. The number of allylic oxidation sites excluding steroid dienone is 7. The van der Waals surface area contributed by atoms with E-state index in [1.54, 1.807) is 23.9 Å². The lowest BCUT2D eigenvalue weighted by molar-refractivity contribution is 0.489. The van der Waals surface area contributed by atoms with E-state index in [9.17, 15) is 4.39 Å². The van der Waals surface area contributed by atoms with Gasteiger partial charge in [0.1, 0.15) is 5.82 Å². The quantitative estimate of drug-likeness (QED) is 0.699. The van der Waals surface area contributed by atoms with Gasteiger partial charge in [-0.15, -0.1) is 0 Å². The molecule has 0 spiro atoms. The summed E-state index contributed by atoms with van der Waals surface area (Å²) in [7, 11) is 0. The molecule has 3 unspecified atom stereocenters. The van der Waals surface area contributed by atoms with Gasteiger partial charge >= 0.3 is 0 Å². The number of rotatable bonds is 5. The molecule has 1 fully saturated rings. The Morgan fingerprint density at radius 3 is 2.67 bits per heavy atom. The summed E-state index contributed by atoms with van der Waals surface area (Å²) in [5.41, 5.74) is 9.62. The minimum Gasteiger partial charge on any atom is -0.404 e. The molecule has 3 rings (SSSR count). The Kier molecular flexibility index (Phi) is 4.75. The minimum atomic E-state index is -0.227. The van der Waals surface area contributed by atoms with Gasteiger partial charge in [-0.05, 0) is 59.8 Å². The fourth-order valence-corrected chi connectivity index (χ4v) is 3.79. The van der Waals surface area contributed by atoms with Crippen molar-refractivity contribution in [3.8, 4) is 0 Å². The number of hydrogen-bond donors (Lipinski definition) is 1. The molecule has 2 aliphatic rings. The zero-order valence-corrected chi connectivity index (χ0v) is 14.5. The monoisotopic (exact) mass is 323 g/mol. The molecule has 0 saturated heterocycles. The van der Waals surface area contributed by atoms with E-state index < -0.39 is 0 Å². The van der Waals surface area contributed by atoms with Crippen molar-refractivity contribution in [1.82, 2.24) is 0 Å². The number of hydrogen-bond acceptors (Lipinski definition) is 1. The van der Waals surface area contributed by atoms with Crippen LogP contribution in [0.1, 0.15) is 38.7 Å². The number of nitrogens with two attached hydrogens (primary N) is 1. The van der Waals surface area contributed by atoms with Crippen LogP contribution in [0.5, 0.6) is 0 Å². The van der Waals surface area contributed by atoms with Crippen molar-refractivity contribution in [3.63, 3.8) is 0 Å². The SMILES string of the molecule is CC1CC1(C)C1=CC=CCC1C/C=C\C(=C/N)c1ccc(F)cc1. The Bertz CT molecular complexity index is 708. The van der Waals surface area contributed by atoms with Crippen molar-refractivity contribution >= 4 is 5.57 Å². The van der Waals surface area contributed by atoms with E-state index in [1.807, 2.05) is 0 Å². The van der Waals surface area contributed by atoms with Gasteiger partial charge < -0.3 is 5.73 Å². The summed E-state index contributed by atoms with van der Waals surface area (Å²) in [6, 6.07) is 6.46. The van der Waals surface area contributed by atoms with Gasteiger partial charge in [-0.1, -0.05) is 61.9 Å². The molecule has 0 radical (unpaired) electrons. The summed E-state index contributed by atoms with van der Waals surface area (Å²) >= 11 is 0. The van der Waals surface area contributed by atoms with Crippen molar-refractivity contribution < 1.29 is 4.39 Å². The van der Waals surface area contributed by atoms with Crippen LogP contribution in [0.2, 0.25) is 0 Å². The van der Waals surface area contributed by atoms with Gasteiger partial charge in [-0.25, -0.2) is 4.39 Å². The van der Waals surface area contributed by atoms with Gasteiger partial charge in [-0.3, -0.25) is 0 Å². The van der Waals surface area contributed by atoms with Gasteiger partial charge in [0.25, 0.3) is 0 Å². The predicted molar refractivity (Wildman–Crippen MR) is 99.5 cm³/mol. The summed E-state index contributed by atoms with van der Waals surface area (Å²) in [5, 5.41) is 0. The van der Waals surface area contributed by atoms with E-state index in [4.69, 9.17) is 5.73 Å². The average Bonchev–Trinajstić information content (AvgIpc) is 3.21. The molecule has 0 aromatic heterocycles. The summed E-state index contributed by atoms with van der Waals surface area (Å²) in [6.45, 7) is 4.74. The van der Waals surface area contributed by atoms with Crippen LogP contribution in [0.3, 0.4) is 0 Å². The predicted octanol–water partition coefficient (Wildman–Crippen LogP) is 5.62. The zero-order chi connectivity index (χ0) is 17.2. The lowest BCUT2D eigenvalue weighted by Crippen LogP contribution is -2.14. The Balaban J connectivity index is 1.68. The maximum Gasteiger partial charge on any atom is 0.123 e. The summed E-state index contributed by atoms with van der Waals surface area (Å²) < 4.78 is 13.1. The third-order valence-corrected chi connectivity index (χ3v) is 5.66. The van der Waals surface area contributed by atoms with Crippen LogP contribution in [0.25, 0.3) is 5.57 Å². The topological polar surface area (TPSA) is 26.0 Å². The molecule has 2 N–H and O–H groups in total. The Labute approximate surface area is 144 Å². The molecular weight excluding hydrogens is 297 g/mol. The lowest BCUT2D eigenvalue weighted by Gasteiger charge is -2.26. The van der Waals surface area contributed by atoms with E-state index in [1.165, 1.54) is 18.6 Å². The second-order valence-electron chi connectivity index (χ2n) is 7.27. The van der Waals surface area contributed by atoms with Gasteiger partial charge in [-0.2, -0.15) is 0 Å². The maximum atomic E-state index is 13.1. The largest absolute Gasteiger partial charge is 0.404 e. The van der Waals surface area contributed by atoms with Crippen LogP contribution in [-0.4, -0.2) is 0 Å². The molecule has 1 saturated carbocycles. The molecule has 2 heteroatoms. The fourth-order valence-electron chi connectivity index (χ4n) is 3.79. The third-order valence-electron chi connectivity index (χ3n) is 5.66. The second-order valence-corrected chi connectivity index (χ2v) is 7.27. The van der Waals surface area contributed by atoms with E-state index in [0.717, 1.165) is 29.9 Å². The van der Waals surface area contributed by atoms with Crippen LogP contribution in [-0.2, 0) is 0 Å². The molecule has 1 nitrogen and oxygen atoms in total. The van der Waals surface area contributed by atoms with E-state index >= 15 is 0 Å². The number of benzene rings is 1. The standard InChI is InChI=1S/C22H26FN/c1-16-14-22(16,2)21-9-4-3-6-18(21)7-5-8-19(15-24)17-10-12-20(23)13-11-17/h3-5,8-13,15-16,18H,6-7,14,24H2,1-2H3/b8-5-,19-15+. The van der Waals surface area contributed by atoms with Gasteiger partial charge in [0.05, 0.1) is 0 Å². The van der Waals surface area contributed by atoms with Gasteiger partial charge in [0.2, 0.25) is 0 Å². The highest BCUT2D eigenvalue weighted by atomic mass is 19.1. The Morgan fingerprint density at radius 1 is 1.33 bits per heavy atom. The van der Waals surface area contributed by atoms with Crippen LogP contribution in [0.15, 0.2) is 66.4 Å². The van der Waals surface area contributed by atoms with Crippen LogP contribution < -0.4 is 5.73 Å². The van der Waals surface area contributed by atoms with Crippen molar-refractivity contribution in [2.45, 2.75) is 33.1 Å². The highest BCUT2D eigenvalue weighted by molar-refractivity contribution is 5.73. The van der Waals surface area contributed by atoms with Crippen molar-refractivity contribution in [1.29, 1.82) is 0 Å². The molecule has 2 aliphatic carbocycles. The highest BCUT2D eigenvalue weighted by Gasteiger charge is 2.50. The maximum absolute atomic E-state index is 13.1. The second kappa shape index (κ2) is 6.80. The van der Waals surface area contributed by atoms with Gasteiger partial charge in [0, 0.05) is 6.20 Å². The Hall–Kier alpha value is -2.09. The zero-order valence-electron chi connectivity index (χ0n) is 14.5. The molecule has 0 aliphatic heterocycles. The fraction of sp³-hybridized carbons (Fsp3) is 0.364. The molecule has 0 heterocycles. The third kappa shape index (κ3) is 3.38. The average molecular weight is 323 g/mol. The first kappa shape index (κ1) is 16.8. The van der Waals surface area contributed by atoms with Gasteiger partial charge in [0.15, 0.2) is 0 Å². The smallest absolute Gasteiger partial charge is 0.123 e. The molecule has 1 aromatic carbocycles. The van der Waals surface area contributed by atoms with E-state index in [-0.39, 0.29) is 5.82 Å². The molecular formula is C22H26FN. The summed E-state index contributed by atoms with van der Waals surface area (Å²) in [4.78, 5) is 0. The molecule has 1 aromatic rings. The molecule has 3 atom stereocenters. The molecule has 0 amide bonds. The lowest BCUT2D eigenvalue weighted by atomic mass is 9.79. The van der Waals surface area contributed by atoms with E-state index in [2.05, 4.69) is 44.2 Å². The van der Waals surface area contributed by atoms with Crippen LogP contribution in [0.4, 0.5) is 4.39 Å². The van der Waals surface area contributed by atoms with E-state index in [0.29, 0.717) is 11.3 Å². The van der Waals surface area contributed by atoms with Crippen molar-refractivity contribution in [2.75, 3.05) is 0 Å². The Morgan fingerprint density at radius 2 is 2.04 bits per heavy atom. The first-order valence-corrected chi connectivity index (χ1v) is 8.76. The minimum absolute atomic E-state index is 0.227. The van der Waals surface area contributed by atoms with Crippen molar-refractivity contribution in [2.24, 2.45) is 23.0 Å². The molecule has 126 valence electrons.